The van der Waals surface area contributed by atoms with E-state index in [1.54, 1.807) is 12.1 Å². The Morgan fingerprint density at radius 3 is 2.51 bits per heavy atom. The van der Waals surface area contributed by atoms with E-state index in [4.69, 9.17) is 16.9 Å². The monoisotopic (exact) mass is 660 g/mol. The predicted molar refractivity (Wildman–Crippen MR) is 172 cm³/mol. The summed E-state index contributed by atoms with van der Waals surface area (Å²) in [5, 5.41) is 23.3. The summed E-state index contributed by atoms with van der Waals surface area (Å²) < 4.78 is 60.0. The molecule has 2 aromatic carbocycles. The first-order valence-corrected chi connectivity index (χ1v) is 15.3. The van der Waals surface area contributed by atoms with Crippen LogP contribution in [0.4, 0.5) is 17.6 Å². The Balaban J connectivity index is 1.56. The van der Waals surface area contributed by atoms with Crippen molar-refractivity contribution in [3.8, 4) is 22.7 Å². The number of nitrogens with zero attached hydrogens (tertiary/aromatic N) is 2. The van der Waals surface area contributed by atoms with Gasteiger partial charge in [0.2, 0.25) is 0 Å². The van der Waals surface area contributed by atoms with Crippen LogP contribution < -0.4 is 32.5 Å². The quantitative estimate of drug-likeness (QED) is 0.0558. The van der Waals surface area contributed by atoms with E-state index in [1.807, 2.05) is 26.0 Å². The number of hydrogen-bond acceptors (Lipinski definition) is 7. The molecule has 0 spiro atoms. The van der Waals surface area contributed by atoms with Gasteiger partial charge in [0.25, 0.3) is 0 Å². The van der Waals surface area contributed by atoms with Gasteiger partial charge in [-0.25, -0.2) is 9.18 Å². The lowest BCUT2D eigenvalue weighted by Gasteiger charge is -2.20. The van der Waals surface area contributed by atoms with E-state index in [1.165, 1.54) is 22.9 Å². The lowest BCUT2D eigenvalue weighted by atomic mass is 10.0. The Morgan fingerprint density at radius 2 is 1.87 bits per heavy atom. The topological polar surface area (TPSA) is 180 Å². The van der Waals surface area contributed by atoms with Crippen LogP contribution in [0.15, 0.2) is 53.5 Å². The Bertz CT molecular complexity index is 1720. The SMILES string of the molecule is C[C@H](N)CCCc1cc(OC(F)(F)F)c(F)c(-c2cc3cn(-c4ccc([C@H](C)NCC[C@H](CCO)NC(=N)N)cc4)c(=O)nc3[nH]2)c1. The second-order valence-corrected chi connectivity index (χ2v) is 11.6. The molecule has 11 nitrogen and oxygen atoms in total. The minimum absolute atomic E-state index is 0.0248. The maximum Gasteiger partial charge on any atom is 0.573 e. The summed E-state index contributed by atoms with van der Waals surface area (Å²) in [5.74, 6) is -2.29. The number of benzene rings is 2. The third kappa shape index (κ3) is 9.76. The molecule has 0 bridgehead atoms. The van der Waals surface area contributed by atoms with Crippen molar-refractivity contribution in [2.75, 3.05) is 13.2 Å². The average molecular weight is 661 g/mol. The number of alkyl halides is 3. The number of halogens is 4. The number of guanidine groups is 1. The van der Waals surface area contributed by atoms with Crippen molar-refractivity contribution in [2.45, 2.75) is 70.4 Å². The van der Waals surface area contributed by atoms with E-state index in [9.17, 15) is 23.1 Å². The third-order valence-electron chi connectivity index (χ3n) is 7.70. The number of hydrogen-bond donors (Lipinski definition) is 7. The highest BCUT2D eigenvalue weighted by Crippen LogP contribution is 2.35. The van der Waals surface area contributed by atoms with E-state index >= 15 is 4.39 Å². The molecule has 47 heavy (non-hydrogen) atoms. The molecule has 0 radical (unpaired) electrons. The number of aromatic amines is 1. The van der Waals surface area contributed by atoms with Crippen LogP contribution in [-0.4, -0.2) is 57.2 Å². The van der Waals surface area contributed by atoms with Crippen molar-refractivity contribution in [3.63, 3.8) is 0 Å². The Labute approximate surface area is 268 Å². The molecule has 0 saturated heterocycles. The van der Waals surface area contributed by atoms with Gasteiger partial charge in [0.05, 0.1) is 11.4 Å². The molecule has 0 aliphatic heterocycles. The third-order valence-corrected chi connectivity index (χ3v) is 7.70. The van der Waals surface area contributed by atoms with Crippen molar-refractivity contribution in [1.29, 1.82) is 5.41 Å². The van der Waals surface area contributed by atoms with Crippen LogP contribution in [0, 0.1) is 11.2 Å². The van der Waals surface area contributed by atoms with E-state index in [2.05, 4.69) is 25.3 Å². The number of nitrogens with one attached hydrogen (secondary N) is 4. The highest BCUT2D eigenvalue weighted by Gasteiger charge is 2.33. The zero-order valence-corrected chi connectivity index (χ0v) is 26.1. The van der Waals surface area contributed by atoms with E-state index in [-0.39, 0.29) is 47.6 Å². The number of aryl methyl sites for hydroxylation is 1. The van der Waals surface area contributed by atoms with Gasteiger partial charge in [-0.15, -0.1) is 13.2 Å². The molecule has 0 aliphatic carbocycles. The molecule has 0 fully saturated rings. The predicted octanol–water partition coefficient (Wildman–Crippen LogP) is 4.36. The summed E-state index contributed by atoms with van der Waals surface area (Å²) in [6.45, 7) is 4.38. The molecule has 9 N–H and O–H groups in total. The maximum absolute atomic E-state index is 15.4. The molecule has 0 amide bonds. The van der Waals surface area contributed by atoms with Crippen molar-refractivity contribution in [1.82, 2.24) is 25.2 Å². The number of rotatable bonds is 15. The van der Waals surface area contributed by atoms with E-state index in [0.29, 0.717) is 55.3 Å². The summed E-state index contributed by atoms with van der Waals surface area (Å²) in [5.41, 5.74) is 12.7. The molecule has 4 aromatic rings. The summed E-state index contributed by atoms with van der Waals surface area (Å²) in [6.07, 6.45) is -0.884. The highest BCUT2D eigenvalue weighted by atomic mass is 19.4. The van der Waals surface area contributed by atoms with Gasteiger partial charge in [0.1, 0.15) is 5.65 Å². The molecule has 0 unspecified atom stereocenters. The maximum atomic E-state index is 15.4. The molecule has 2 heterocycles. The van der Waals surface area contributed by atoms with Crippen molar-refractivity contribution < 1.29 is 27.4 Å². The molecule has 0 aliphatic rings. The number of ether oxygens (including phenoxy) is 1. The molecule has 254 valence electrons. The van der Waals surface area contributed by atoms with Crippen molar-refractivity contribution in [3.05, 3.63) is 76.1 Å². The molecule has 3 atom stereocenters. The summed E-state index contributed by atoms with van der Waals surface area (Å²) >= 11 is 0. The standard InChI is InChI=1S/C32H40F4N8O3/c1-18(37)4-3-5-20-14-25(28(33)27(15-20)47-32(34,35)36)26-16-22-17-44(31(46)43-29(22)42-26)24-8-6-21(7-9-24)19(2)40-12-10-23(11-13-45)41-30(38)39/h6-9,14-19,23,40,45H,3-5,10-13,37H2,1-2H3,(H4,38,39,41)(H,42,43,46)/t18-,19-,23+/m0/s1. The summed E-state index contributed by atoms with van der Waals surface area (Å²) in [4.78, 5) is 19.9. The minimum atomic E-state index is -5.09. The number of aliphatic hydroxyl groups is 1. The molecular weight excluding hydrogens is 620 g/mol. The van der Waals surface area contributed by atoms with Crippen LogP contribution in [0.3, 0.4) is 0 Å². The minimum Gasteiger partial charge on any atom is -0.403 e. The van der Waals surface area contributed by atoms with Crippen LogP contribution in [0.5, 0.6) is 5.75 Å². The van der Waals surface area contributed by atoms with Crippen molar-refractivity contribution in [2.24, 2.45) is 11.5 Å². The number of H-pyrrole nitrogens is 1. The van der Waals surface area contributed by atoms with Crippen LogP contribution >= 0.6 is 0 Å². The normalized spacial score (nSPS) is 13.8. The number of fused-ring (bicyclic) bond motifs is 1. The van der Waals surface area contributed by atoms with Gasteiger partial charge in [-0.2, -0.15) is 4.98 Å². The fourth-order valence-corrected chi connectivity index (χ4v) is 5.33. The smallest absolute Gasteiger partial charge is 0.403 e. The van der Waals surface area contributed by atoms with Crippen LogP contribution in [0.2, 0.25) is 0 Å². The lowest BCUT2D eigenvalue weighted by molar-refractivity contribution is -0.275. The zero-order chi connectivity index (χ0) is 34.3. The molecule has 15 heteroatoms. The number of aromatic nitrogens is 3. The Kier molecular flexibility index (Phi) is 11.6. The molecule has 4 rings (SSSR count). The van der Waals surface area contributed by atoms with Gasteiger partial charge < -0.3 is 36.9 Å². The number of aliphatic hydroxyl groups excluding tert-OH is 1. The summed E-state index contributed by atoms with van der Waals surface area (Å²) in [6, 6.07) is 11.0. The van der Waals surface area contributed by atoms with Gasteiger partial charge in [-0.3, -0.25) is 9.98 Å². The fraction of sp³-hybridized carbons (Fsp3) is 0.406. The average Bonchev–Trinajstić information content (AvgIpc) is 3.39. The first-order chi connectivity index (χ1) is 22.2. The van der Waals surface area contributed by atoms with Gasteiger partial charge in [0.15, 0.2) is 17.5 Å². The van der Waals surface area contributed by atoms with Crippen LogP contribution in [0.25, 0.3) is 28.0 Å². The largest absolute Gasteiger partial charge is 0.573 e. The number of nitrogens with two attached hydrogens (primary N) is 2. The first-order valence-electron chi connectivity index (χ1n) is 15.3. The van der Waals surface area contributed by atoms with Crippen LogP contribution in [-0.2, 0) is 6.42 Å². The van der Waals surface area contributed by atoms with Gasteiger partial charge in [-0.05, 0) is 94.0 Å². The molecular formula is C32H40F4N8O3. The van der Waals surface area contributed by atoms with Gasteiger partial charge >= 0.3 is 12.1 Å². The van der Waals surface area contributed by atoms with E-state index in [0.717, 1.165) is 11.6 Å². The highest BCUT2D eigenvalue weighted by molar-refractivity contribution is 5.83. The Morgan fingerprint density at radius 1 is 1.15 bits per heavy atom. The van der Waals surface area contributed by atoms with Gasteiger partial charge in [-0.1, -0.05) is 12.1 Å². The Hall–Kier alpha value is -4.47. The summed E-state index contributed by atoms with van der Waals surface area (Å²) in [7, 11) is 0. The lowest BCUT2D eigenvalue weighted by Crippen LogP contribution is -2.41. The van der Waals surface area contributed by atoms with Gasteiger partial charge in [0, 0.05) is 41.9 Å². The second-order valence-electron chi connectivity index (χ2n) is 11.6. The van der Waals surface area contributed by atoms with Crippen LogP contribution in [0.1, 0.15) is 56.7 Å². The zero-order valence-electron chi connectivity index (χ0n) is 26.1. The molecule has 2 aromatic heterocycles. The molecule has 0 saturated carbocycles. The van der Waals surface area contributed by atoms with Crippen molar-refractivity contribution >= 4 is 17.0 Å². The second kappa shape index (κ2) is 15.4. The fourth-order valence-electron chi connectivity index (χ4n) is 5.33. The first kappa shape index (κ1) is 35.4. The van der Waals surface area contributed by atoms with E-state index < -0.39 is 23.6 Å².